The van der Waals surface area contributed by atoms with Crippen LogP contribution in [0.25, 0.3) is 0 Å². The van der Waals surface area contributed by atoms with Crippen molar-refractivity contribution in [2.45, 2.75) is 46.1 Å². The van der Waals surface area contributed by atoms with E-state index in [2.05, 4.69) is 6.92 Å². The lowest BCUT2D eigenvalue weighted by molar-refractivity contribution is 0.0525. The second-order valence-corrected chi connectivity index (χ2v) is 3.77. The largest absolute Gasteiger partial charge is 0.390 e. The number of aliphatic hydroxyl groups is 1. The Bertz CT molecular complexity index is 104. The Balaban J connectivity index is 3.85. The third-order valence-corrected chi connectivity index (χ3v) is 2.40. The molecule has 0 unspecified atom stereocenters. The maximum Gasteiger partial charge on any atom is 0.116 e. The van der Waals surface area contributed by atoms with Gasteiger partial charge in [-0.25, -0.2) is 4.39 Å². The maximum atomic E-state index is 12.2. The Morgan fingerprint density at radius 2 is 1.92 bits per heavy atom. The average Bonchev–Trinajstić information content (AvgIpc) is 2.04. The van der Waals surface area contributed by atoms with E-state index in [9.17, 15) is 9.50 Å². The van der Waals surface area contributed by atoms with Crippen molar-refractivity contribution in [3.8, 4) is 0 Å². The number of alkyl halides is 1. The minimum Gasteiger partial charge on any atom is -0.390 e. The van der Waals surface area contributed by atoms with E-state index in [0.717, 1.165) is 19.3 Å². The van der Waals surface area contributed by atoms with Gasteiger partial charge in [0.25, 0.3) is 0 Å². The molecule has 0 aromatic carbocycles. The van der Waals surface area contributed by atoms with Gasteiger partial charge in [-0.3, -0.25) is 0 Å². The van der Waals surface area contributed by atoms with Gasteiger partial charge in [-0.1, -0.05) is 33.6 Å². The predicted octanol–water partition coefficient (Wildman–Crippen LogP) is 2.78. The number of hydrogen-bond acceptors (Lipinski definition) is 1. The molecule has 2 atom stereocenters. The molecule has 0 aliphatic rings. The molecule has 74 valence electrons. The molecule has 0 saturated heterocycles. The van der Waals surface area contributed by atoms with Crippen LogP contribution in [0.2, 0.25) is 0 Å². The normalized spacial score (nSPS) is 16.5. The number of rotatable bonds is 6. The average molecular weight is 176 g/mol. The van der Waals surface area contributed by atoms with Gasteiger partial charge in [0, 0.05) is 0 Å². The van der Waals surface area contributed by atoms with Crippen molar-refractivity contribution < 1.29 is 9.50 Å². The monoisotopic (exact) mass is 176 g/mol. The Morgan fingerprint density at radius 1 is 1.33 bits per heavy atom. The Morgan fingerprint density at radius 3 is 2.25 bits per heavy atom. The SMILES string of the molecule is CCCC[C@@H](C(C)C)[C@H](O)CF. The summed E-state index contributed by atoms with van der Waals surface area (Å²) in [6.07, 6.45) is 2.39. The van der Waals surface area contributed by atoms with Gasteiger partial charge in [-0.05, 0) is 18.3 Å². The Hall–Kier alpha value is -0.110. The van der Waals surface area contributed by atoms with Gasteiger partial charge in [0.05, 0.1) is 6.10 Å². The Kier molecular flexibility index (Phi) is 6.35. The van der Waals surface area contributed by atoms with Crippen LogP contribution >= 0.6 is 0 Å². The van der Waals surface area contributed by atoms with Gasteiger partial charge < -0.3 is 5.11 Å². The van der Waals surface area contributed by atoms with Crippen molar-refractivity contribution in [3.05, 3.63) is 0 Å². The smallest absolute Gasteiger partial charge is 0.116 e. The first-order valence-electron chi connectivity index (χ1n) is 4.87. The lowest BCUT2D eigenvalue weighted by atomic mass is 9.86. The summed E-state index contributed by atoms with van der Waals surface area (Å²) in [5.41, 5.74) is 0. The van der Waals surface area contributed by atoms with E-state index < -0.39 is 12.8 Å². The van der Waals surface area contributed by atoms with Crippen LogP contribution in [0.15, 0.2) is 0 Å². The molecule has 2 heteroatoms. The topological polar surface area (TPSA) is 20.2 Å². The summed E-state index contributed by atoms with van der Waals surface area (Å²) < 4.78 is 12.2. The predicted molar refractivity (Wildman–Crippen MR) is 49.8 cm³/mol. The van der Waals surface area contributed by atoms with Crippen LogP contribution < -0.4 is 0 Å². The van der Waals surface area contributed by atoms with E-state index in [4.69, 9.17) is 0 Å². The summed E-state index contributed by atoms with van der Waals surface area (Å²) in [4.78, 5) is 0. The molecule has 0 spiro atoms. The van der Waals surface area contributed by atoms with E-state index in [1.807, 2.05) is 13.8 Å². The molecule has 0 bridgehead atoms. The fraction of sp³-hybridized carbons (Fsp3) is 1.00. The van der Waals surface area contributed by atoms with Gasteiger partial charge in [0.15, 0.2) is 0 Å². The number of hydrogen-bond donors (Lipinski definition) is 1. The number of unbranched alkanes of at least 4 members (excludes halogenated alkanes) is 1. The highest BCUT2D eigenvalue weighted by molar-refractivity contribution is 4.71. The molecule has 0 saturated carbocycles. The minimum atomic E-state index is -0.753. The zero-order chi connectivity index (χ0) is 9.56. The van der Waals surface area contributed by atoms with Crippen LogP contribution in [0.3, 0.4) is 0 Å². The molecule has 0 amide bonds. The third kappa shape index (κ3) is 4.05. The van der Waals surface area contributed by atoms with Gasteiger partial charge >= 0.3 is 0 Å². The zero-order valence-electron chi connectivity index (χ0n) is 8.39. The van der Waals surface area contributed by atoms with Crippen LogP contribution in [0.4, 0.5) is 4.39 Å². The highest BCUT2D eigenvalue weighted by Crippen LogP contribution is 2.22. The molecule has 0 aromatic heterocycles. The van der Waals surface area contributed by atoms with E-state index >= 15 is 0 Å². The second kappa shape index (κ2) is 6.41. The van der Waals surface area contributed by atoms with Crippen LogP contribution in [0.1, 0.15) is 40.0 Å². The summed E-state index contributed by atoms with van der Waals surface area (Å²) in [5, 5.41) is 9.34. The summed E-state index contributed by atoms with van der Waals surface area (Å²) >= 11 is 0. The summed E-state index contributed by atoms with van der Waals surface area (Å²) in [6, 6.07) is 0. The van der Waals surface area contributed by atoms with Gasteiger partial charge in [0.2, 0.25) is 0 Å². The lowest BCUT2D eigenvalue weighted by Crippen LogP contribution is -2.26. The molecule has 0 radical (unpaired) electrons. The first kappa shape index (κ1) is 11.9. The van der Waals surface area contributed by atoms with Gasteiger partial charge in [-0.2, -0.15) is 0 Å². The van der Waals surface area contributed by atoms with E-state index in [-0.39, 0.29) is 5.92 Å². The van der Waals surface area contributed by atoms with Crippen LogP contribution in [-0.2, 0) is 0 Å². The fourth-order valence-corrected chi connectivity index (χ4v) is 1.52. The molecule has 1 N–H and O–H groups in total. The minimum absolute atomic E-state index is 0.134. The molecule has 0 rings (SSSR count). The van der Waals surface area contributed by atoms with E-state index in [1.165, 1.54) is 0 Å². The molecule has 0 heterocycles. The van der Waals surface area contributed by atoms with E-state index in [1.54, 1.807) is 0 Å². The molecular weight excluding hydrogens is 155 g/mol. The highest BCUT2D eigenvalue weighted by atomic mass is 19.1. The van der Waals surface area contributed by atoms with Crippen molar-refractivity contribution in [1.29, 1.82) is 0 Å². The molecule has 0 aliphatic carbocycles. The quantitative estimate of drug-likeness (QED) is 0.659. The molecule has 0 fully saturated rings. The van der Waals surface area contributed by atoms with Crippen molar-refractivity contribution >= 4 is 0 Å². The van der Waals surface area contributed by atoms with Crippen molar-refractivity contribution in [2.75, 3.05) is 6.67 Å². The van der Waals surface area contributed by atoms with Gasteiger partial charge in [0.1, 0.15) is 6.67 Å². The third-order valence-electron chi connectivity index (χ3n) is 2.40. The maximum absolute atomic E-state index is 12.2. The second-order valence-electron chi connectivity index (χ2n) is 3.77. The first-order valence-corrected chi connectivity index (χ1v) is 4.87. The van der Waals surface area contributed by atoms with Crippen molar-refractivity contribution in [1.82, 2.24) is 0 Å². The van der Waals surface area contributed by atoms with E-state index in [0.29, 0.717) is 5.92 Å². The lowest BCUT2D eigenvalue weighted by Gasteiger charge is -2.24. The summed E-state index contributed by atoms with van der Waals surface area (Å²) in [7, 11) is 0. The standard InChI is InChI=1S/C10H21FO/c1-4-5-6-9(8(2)3)10(12)7-11/h8-10,12H,4-7H2,1-3H3/t9-,10+/m0/s1. The molecular formula is C10H21FO. The van der Waals surface area contributed by atoms with Crippen molar-refractivity contribution in [3.63, 3.8) is 0 Å². The summed E-state index contributed by atoms with van der Waals surface area (Å²) in [6.45, 7) is 5.59. The van der Waals surface area contributed by atoms with Gasteiger partial charge in [-0.15, -0.1) is 0 Å². The molecule has 0 aromatic rings. The fourth-order valence-electron chi connectivity index (χ4n) is 1.52. The van der Waals surface area contributed by atoms with Crippen molar-refractivity contribution in [2.24, 2.45) is 11.8 Å². The van der Waals surface area contributed by atoms with Crippen LogP contribution in [0, 0.1) is 11.8 Å². The molecule has 0 aliphatic heterocycles. The Labute approximate surface area is 75.0 Å². The molecule has 1 nitrogen and oxygen atoms in total. The summed E-state index contributed by atoms with van der Waals surface area (Å²) in [5.74, 6) is 0.511. The first-order chi connectivity index (χ1) is 5.63. The molecule has 12 heavy (non-hydrogen) atoms. The highest BCUT2D eigenvalue weighted by Gasteiger charge is 2.21. The zero-order valence-corrected chi connectivity index (χ0v) is 8.39. The number of halogens is 1. The van der Waals surface area contributed by atoms with Crippen LogP contribution in [0.5, 0.6) is 0 Å². The number of aliphatic hydroxyl groups excluding tert-OH is 1. The van der Waals surface area contributed by atoms with Crippen LogP contribution in [-0.4, -0.2) is 17.9 Å².